The Balaban J connectivity index is 2.50. The smallest absolute Gasteiger partial charge is 0.271 e. The van der Waals surface area contributed by atoms with E-state index in [0.29, 0.717) is 11.7 Å². The number of unbranched alkanes of at least 4 members (excludes halogenated alkanes) is 2. The fourth-order valence-electron chi connectivity index (χ4n) is 1.31. The van der Waals surface area contributed by atoms with Crippen LogP contribution >= 0.6 is 23.4 Å². The number of nitrogens with zero attached hydrogens (tertiary/aromatic N) is 2. The van der Waals surface area contributed by atoms with Crippen LogP contribution in [0, 0.1) is 0 Å². The molecule has 1 aromatic heterocycles. The number of nitrogens with one attached hydrogen (secondary N) is 1. The van der Waals surface area contributed by atoms with Gasteiger partial charge in [-0.3, -0.25) is 4.79 Å². The van der Waals surface area contributed by atoms with E-state index >= 15 is 0 Å². The molecule has 7 heteroatoms. The average Bonchev–Trinajstić information content (AvgIpc) is 2.39. The van der Waals surface area contributed by atoms with Crippen LogP contribution in [0.3, 0.4) is 0 Å². The van der Waals surface area contributed by atoms with Crippen LogP contribution < -0.4 is 5.32 Å². The topological polar surface area (TPSA) is 75.1 Å². The minimum Gasteiger partial charge on any atom is -0.396 e. The lowest BCUT2D eigenvalue weighted by atomic mass is 10.2. The van der Waals surface area contributed by atoms with E-state index in [1.807, 2.05) is 6.26 Å². The monoisotopic (exact) mass is 289 g/mol. The van der Waals surface area contributed by atoms with Crippen molar-refractivity contribution < 1.29 is 9.90 Å². The third kappa shape index (κ3) is 4.80. The first-order chi connectivity index (χ1) is 8.69. The number of thioether (sulfide) groups is 1. The SMILES string of the molecule is CSc1ncc(Cl)c(C(=O)NCCCCCO)n1. The van der Waals surface area contributed by atoms with Crippen molar-refractivity contribution in [3.63, 3.8) is 0 Å². The van der Waals surface area contributed by atoms with Gasteiger partial charge in [0.25, 0.3) is 5.91 Å². The van der Waals surface area contributed by atoms with Crippen LogP contribution in [-0.4, -0.2) is 40.4 Å². The second-order valence-corrected chi connectivity index (χ2v) is 4.77. The minimum absolute atomic E-state index is 0.183. The molecule has 1 amide bonds. The highest BCUT2D eigenvalue weighted by Gasteiger charge is 2.13. The quantitative estimate of drug-likeness (QED) is 0.454. The van der Waals surface area contributed by atoms with Crippen molar-refractivity contribution in [2.45, 2.75) is 24.4 Å². The van der Waals surface area contributed by atoms with Gasteiger partial charge in [-0.15, -0.1) is 0 Å². The van der Waals surface area contributed by atoms with Crippen LogP contribution in [0.1, 0.15) is 29.8 Å². The van der Waals surface area contributed by atoms with Gasteiger partial charge in [-0.25, -0.2) is 9.97 Å². The van der Waals surface area contributed by atoms with E-state index < -0.39 is 0 Å². The maximum absolute atomic E-state index is 11.8. The lowest BCUT2D eigenvalue weighted by Gasteiger charge is -2.06. The molecule has 0 aromatic carbocycles. The number of aromatic nitrogens is 2. The van der Waals surface area contributed by atoms with E-state index in [2.05, 4.69) is 15.3 Å². The van der Waals surface area contributed by atoms with Gasteiger partial charge < -0.3 is 10.4 Å². The predicted molar refractivity (Wildman–Crippen MR) is 72.1 cm³/mol. The van der Waals surface area contributed by atoms with Crippen LogP contribution in [0.25, 0.3) is 0 Å². The van der Waals surface area contributed by atoms with Gasteiger partial charge >= 0.3 is 0 Å². The highest BCUT2D eigenvalue weighted by atomic mass is 35.5. The molecule has 0 radical (unpaired) electrons. The zero-order chi connectivity index (χ0) is 13.4. The molecule has 2 N–H and O–H groups in total. The summed E-state index contributed by atoms with van der Waals surface area (Å²) in [4.78, 5) is 19.9. The van der Waals surface area contributed by atoms with Crippen LogP contribution in [0.15, 0.2) is 11.4 Å². The van der Waals surface area contributed by atoms with Crippen molar-refractivity contribution >= 4 is 29.3 Å². The molecule has 0 aliphatic heterocycles. The van der Waals surface area contributed by atoms with Crippen molar-refractivity contribution in [2.75, 3.05) is 19.4 Å². The van der Waals surface area contributed by atoms with Crippen molar-refractivity contribution in [3.8, 4) is 0 Å². The Hall–Kier alpha value is -0.850. The number of aliphatic hydroxyl groups excluding tert-OH is 1. The number of aliphatic hydroxyl groups is 1. The van der Waals surface area contributed by atoms with E-state index in [9.17, 15) is 4.79 Å². The zero-order valence-corrected chi connectivity index (χ0v) is 11.7. The minimum atomic E-state index is -0.290. The average molecular weight is 290 g/mol. The van der Waals surface area contributed by atoms with Gasteiger partial charge in [-0.2, -0.15) is 0 Å². The van der Waals surface area contributed by atoms with E-state index in [4.69, 9.17) is 16.7 Å². The number of carbonyl (C=O) groups excluding carboxylic acids is 1. The van der Waals surface area contributed by atoms with Gasteiger partial charge in [0.1, 0.15) is 0 Å². The molecule has 0 aliphatic rings. The number of hydrogen-bond acceptors (Lipinski definition) is 5. The first-order valence-electron chi connectivity index (χ1n) is 5.64. The highest BCUT2D eigenvalue weighted by Crippen LogP contribution is 2.16. The van der Waals surface area contributed by atoms with Crippen molar-refractivity contribution in [2.24, 2.45) is 0 Å². The van der Waals surface area contributed by atoms with Crippen LogP contribution in [0.4, 0.5) is 0 Å². The summed E-state index contributed by atoms with van der Waals surface area (Å²) in [7, 11) is 0. The third-order valence-corrected chi connectivity index (χ3v) is 3.08. The summed E-state index contributed by atoms with van der Waals surface area (Å²) in [6.07, 6.45) is 5.72. The Morgan fingerprint density at radius 3 is 2.94 bits per heavy atom. The Bertz CT molecular complexity index is 404. The lowest BCUT2D eigenvalue weighted by molar-refractivity contribution is 0.0947. The molecule has 5 nitrogen and oxygen atoms in total. The second kappa shape index (κ2) is 8.29. The highest BCUT2D eigenvalue weighted by molar-refractivity contribution is 7.98. The summed E-state index contributed by atoms with van der Waals surface area (Å²) in [6, 6.07) is 0. The predicted octanol–water partition coefficient (Wildman–Crippen LogP) is 1.74. The van der Waals surface area contributed by atoms with E-state index in [1.165, 1.54) is 18.0 Å². The molecule has 1 heterocycles. The van der Waals surface area contributed by atoms with Crippen LogP contribution in [0.2, 0.25) is 5.02 Å². The van der Waals surface area contributed by atoms with E-state index in [-0.39, 0.29) is 23.2 Å². The van der Waals surface area contributed by atoms with Crippen molar-refractivity contribution in [3.05, 3.63) is 16.9 Å². The number of amides is 1. The molecule has 1 aromatic rings. The second-order valence-electron chi connectivity index (χ2n) is 3.59. The Kier molecular flexibility index (Phi) is 7.00. The fraction of sp³-hybridized carbons (Fsp3) is 0.545. The zero-order valence-electron chi connectivity index (χ0n) is 10.1. The van der Waals surface area contributed by atoms with Crippen molar-refractivity contribution in [1.82, 2.24) is 15.3 Å². The van der Waals surface area contributed by atoms with Crippen LogP contribution in [-0.2, 0) is 0 Å². The number of carbonyl (C=O) groups is 1. The summed E-state index contributed by atoms with van der Waals surface area (Å²) in [6.45, 7) is 0.733. The molecule has 0 saturated carbocycles. The number of halogens is 1. The molecule has 0 saturated heterocycles. The first-order valence-corrected chi connectivity index (χ1v) is 7.25. The molecular weight excluding hydrogens is 274 g/mol. The molecule has 100 valence electrons. The summed E-state index contributed by atoms with van der Waals surface area (Å²) >= 11 is 7.24. The molecule has 0 unspecified atom stereocenters. The molecule has 0 atom stereocenters. The summed E-state index contributed by atoms with van der Waals surface area (Å²) in [5.74, 6) is -0.290. The maximum atomic E-state index is 11.8. The van der Waals surface area contributed by atoms with Crippen LogP contribution in [0.5, 0.6) is 0 Å². The molecule has 1 rings (SSSR count). The molecule has 0 bridgehead atoms. The largest absolute Gasteiger partial charge is 0.396 e. The molecule has 18 heavy (non-hydrogen) atoms. The molecule has 0 fully saturated rings. The van der Waals surface area contributed by atoms with Gasteiger partial charge in [0.05, 0.1) is 11.2 Å². The number of rotatable bonds is 7. The van der Waals surface area contributed by atoms with E-state index in [0.717, 1.165) is 19.3 Å². The van der Waals surface area contributed by atoms with Gasteiger partial charge in [0.2, 0.25) is 0 Å². The summed E-state index contributed by atoms with van der Waals surface area (Å²) in [5, 5.41) is 12.1. The van der Waals surface area contributed by atoms with Gasteiger partial charge in [0.15, 0.2) is 10.9 Å². The Morgan fingerprint density at radius 2 is 2.28 bits per heavy atom. The molecular formula is C11H16ClN3O2S. The maximum Gasteiger partial charge on any atom is 0.271 e. The normalized spacial score (nSPS) is 10.4. The Morgan fingerprint density at radius 1 is 1.50 bits per heavy atom. The lowest BCUT2D eigenvalue weighted by Crippen LogP contribution is -2.26. The van der Waals surface area contributed by atoms with Gasteiger partial charge in [-0.1, -0.05) is 23.4 Å². The third-order valence-electron chi connectivity index (χ3n) is 2.24. The Labute approximate surface area is 115 Å². The van der Waals surface area contributed by atoms with Crippen molar-refractivity contribution in [1.29, 1.82) is 0 Å². The standard InChI is InChI=1S/C11H16ClN3O2S/c1-18-11-14-7-8(12)9(15-11)10(17)13-5-3-2-4-6-16/h7,16H,2-6H2,1H3,(H,13,17). The van der Waals surface area contributed by atoms with E-state index in [1.54, 1.807) is 0 Å². The molecule has 0 spiro atoms. The number of hydrogen-bond donors (Lipinski definition) is 2. The fourth-order valence-corrected chi connectivity index (χ4v) is 1.83. The summed E-state index contributed by atoms with van der Waals surface area (Å²) in [5.41, 5.74) is 0.207. The van der Waals surface area contributed by atoms with Gasteiger partial charge in [-0.05, 0) is 25.5 Å². The first kappa shape index (κ1) is 15.2. The van der Waals surface area contributed by atoms with Gasteiger partial charge in [0, 0.05) is 13.2 Å². The molecule has 0 aliphatic carbocycles. The summed E-state index contributed by atoms with van der Waals surface area (Å²) < 4.78 is 0.